The van der Waals surface area contributed by atoms with Crippen LogP contribution in [0, 0.1) is 17.6 Å². The highest BCUT2D eigenvalue weighted by Crippen LogP contribution is 2.19. The number of hydrogen-bond acceptors (Lipinski definition) is 2. The summed E-state index contributed by atoms with van der Waals surface area (Å²) in [6.45, 7) is 5.50. The minimum Gasteiger partial charge on any atom is -0.388 e. The van der Waals surface area contributed by atoms with E-state index in [1.165, 1.54) is 6.07 Å². The molecule has 0 spiro atoms. The van der Waals surface area contributed by atoms with Gasteiger partial charge in [0, 0.05) is 12.1 Å². The fraction of sp³-hybridized carbons (Fsp3) is 0.533. The Morgan fingerprint density at radius 3 is 2.45 bits per heavy atom. The van der Waals surface area contributed by atoms with Crippen molar-refractivity contribution in [1.29, 1.82) is 0 Å². The van der Waals surface area contributed by atoms with E-state index in [2.05, 4.69) is 5.32 Å². The lowest BCUT2D eigenvalue weighted by Gasteiger charge is -2.29. The van der Waals surface area contributed by atoms with Gasteiger partial charge in [-0.3, -0.25) is 4.79 Å². The molecule has 1 aromatic rings. The van der Waals surface area contributed by atoms with Crippen molar-refractivity contribution in [1.82, 2.24) is 5.32 Å². The van der Waals surface area contributed by atoms with Gasteiger partial charge in [-0.15, -0.1) is 0 Å². The average molecular weight is 285 g/mol. The first-order chi connectivity index (χ1) is 9.27. The third-order valence-corrected chi connectivity index (χ3v) is 3.72. The third kappa shape index (κ3) is 4.27. The molecule has 0 aliphatic rings. The molecular formula is C15H21F2NO2. The number of amides is 1. The molecule has 0 saturated carbocycles. The van der Waals surface area contributed by atoms with Gasteiger partial charge in [-0.2, -0.15) is 0 Å². The minimum absolute atomic E-state index is 0.00741. The maximum atomic E-state index is 13.4. The third-order valence-electron chi connectivity index (χ3n) is 3.72. The summed E-state index contributed by atoms with van der Waals surface area (Å²) >= 11 is 0. The molecule has 0 radical (unpaired) electrons. The van der Waals surface area contributed by atoms with Crippen LogP contribution in [0.5, 0.6) is 0 Å². The van der Waals surface area contributed by atoms with E-state index in [4.69, 9.17) is 0 Å². The van der Waals surface area contributed by atoms with E-state index in [-0.39, 0.29) is 24.4 Å². The van der Waals surface area contributed by atoms with E-state index in [9.17, 15) is 18.7 Å². The molecule has 0 heterocycles. The highest BCUT2D eigenvalue weighted by atomic mass is 19.1. The summed E-state index contributed by atoms with van der Waals surface area (Å²) in [6, 6.07) is 3.47. The zero-order chi connectivity index (χ0) is 15.3. The normalized spacial score (nSPS) is 15.5. The van der Waals surface area contributed by atoms with Crippen LogP contribution in [0.25, 0.3) is 0 Å². The van der Waals surface area contributed by atoms with Crippen LogP contribution in [0.4, 0.5) is 8.78 Å². The Bertz CT molecular complexity index is 455. The van der Waals surface area contributed by atoms with Gasteiger partial charge in [-0.1, -0.05) is 26.3 Å². The van der Waals surface area contributed by atoms with Gasteiger partial charge in [0.1, 0.15) is 11.6 Å². The largest absolute Gasteiger partial charge is 0.388 e. The van der Waals surface area contributed by atoms with Crippen molar-refractivity contribution in [2.75, 3.05) is 6.54 Å². The number of hydrogen-bond donors (Lipinski definition) is 2. The van der Waals surface area contributed by atoms with E-state index in [0.717, 1.165) is 18.6 Å². The van der Waals surface area contributed by atoms with Crippen LogP contribution in [0.2, 0.25) is 0 Å². The molecule has 0 aromatic heterocycles. The van der Waals surface area contributed by atoms with Crippen LogP contribution < -0.4 is 5.32 Å². The topological polar surface area (TPSA) is 49.3 Å². The average Bonchev–Trinajstić information content (AvgIpc) is 2.40. The van der Waals surface area contributed by atoms with Crippen LogP contribution >= 0.6 is 0 Å². The van der Waals surface area contributed by atoms with E-state index < -0.39 is 23.1 Å². The van der Waals surface area contributed by atoms with Crippen LogP contribution in [0.1, 0.15) is 32.8 Å². The lowest BCUT2D eigenvalue weighted by molar-refractivity contribution is -0.122. The molecule has 112 valence electrons. The van der Waals surface area contributed by atoms with Crippen molar-refractivity contribution >= 4 is 5.91 Å². The molecule has 2 N–H and O–H groups in total. The van der Waals surface area contributed by atoms with Gasteiger partial charge in [-0.25, -0.2) is 8.78 Å². The van der Waals surface area contributed by atoms with E-state index in [1.54, 1.807) is 6.92 Å². The number of nitrogens with one attached hydrogen (secondary N) is 1. The number of aliphatic hydroxyl groups is 1. The molecule has 1 aromatic carbocycles. The molecule has 2 unspecified atom stereocenters. The van der Waals surface area contributed by atoms with Crippen molar-refractivity contribution in [3.63, 3.8) is 0 Å². The molecule has 0 bridgehead atoms. The molecule has 3 nitrogen and oxygen atoms in total. The van der Waals surface area contributed by atoms with Gasteiger partial charge in [0.2, 0.25) is 5.91 Å². The van der Waals surface area contributed by atoms with Crippen LogP contribution in [0.15, 0.2) is 18.2 Å². The summed E-state index contributed by atoms with van der Waals surface area (Å²) in [4.78, 5) is 11.7. The Labute approximate surface area is 118 Å². The Kier molecular flexibility index (Phi) is 5.62. The predicted molar refractivity (Wildman–Crippen MR) is 73.2 cm³/mol. The van der Waals surface area contributed by atoms with Gasteiger partial charge in [0.25, 0.3) is 0 Å². The van der Waals surface area contributed by atoms with Crippen molar-refractivity contribution in [3.05, 3.63) is 35.4 Å². The van der Waals surface area contributed by atoms with Gasteiger partial charge >= 0.3 is 0 Å². The zero-order valence-electron chi connectivity index (χ0n) is 12.0. The van der Waals surface area contributed by atoms with Crippen LogP contribution in [0.3, 0.4) is 0 Å². The second-order valence-corrected chi connectivity index (χ2v) is 5.32. The number of carbonyl (C=O) groups excluding carboxylic acids is 1. The maximum Gasteiger partial charge on any atom is 0.224 e. The minimum atomic E-state index is -1.04. The van der Waals surface area contributed by atoms with Gasteiger partial charge in [-0.05, 0) is 25.0 Å². The molecular weight excluding hydrogens is 264 g/mol. The van der Waals surface area contributed by atoms with Gasteiger partial charge < -0.3 is 10.4 Å². The Hall–Kier alpha value is -1.49. The molecule has 5 heteroatoms. The van der Waals surface area contributed by atoms with Gasteiger partial charge in [0.15, 0.2) is 0 Å². The summed E-state index contributed by atoms with van der Waals surface area (Å²) in [5.41, 5.74) is -1.30. The maximum absolute atomic E-state index is 13.4. The Balaban J connectivity index is 2.61. The fourth-order valence-corrected chi connectivity index (χ4v) is 1.82. The molecule has 0 aliphatic heterocycles. The monoisotopic (exact) mass is 285 g/mol. The number of carbonyl (C=O) groups is 1. The molecule has 1 amide bonds. The van der Waals surface area contributed by atoms with Crippen molar-refractivity contribution in [2.24, 2.45) is 5.92 Å². The van der Waals surface area contributed by atoms with Crippen molar-refractivity contribution < 1.29 is 18.7 Å². The van der Waals surface area contributed by atoms with E-state index in [0.29, 0.717) is 0 Å². The SMILES string of the molecule is CCC(C)C(C)(O)CNC(=O)Cc1c(F)cccc1F. The number of halogens is 2. The molecule has 0 fully saturated rings. The quantitative estimate of drug-likeness (QED) is 0.843. The lowest BCUT2D eigenvalue weighted by atomic mass is 9.88. The second-order valence-electron chi connectivity index (χ2n) is 5.32. The van der Waals surface area contributed by atoms with Crippen LogP contribution in [-0.2, 0) is 11.2 Å². The first-order valence-corrected chi connectivity index (χ1v) is 6.70. The fourth-order valence-electron chi connectivity index (χ4n) is 1.82. The zero-order valence-corrected chi connectivity index (χ0v) is 12.0. The van der Waals surface area contributed by atoms with E-state index >= 15 is 0 Å². The molecule has 2 atom stereocenters. The highest BCUT2D eigenvalue weighted by molar-refractivity contribution is 5.78. The number of rotatable bonds is 6. The molecule has 0 aliphatic carbocycles. The van der Waals surface area contributed by atoms with Gasteiger partial charge in [0.05, 0.1) is 12.0 Å². The summed E-state index contributed by atoms with van der Waals surface area (Å²) in [6.07, 6.45) is 0.389. The molecule has 20 heavy (non-hydrogen) atoms. The van der Waals surface area contributed by atoms with Crippen LogP contribution in [-0.4, -0.2) is 23.2 Å². The Morgan fingerprint density at radius 2 is 1.95 bits per heavy atom. The summed E-state index contributed by atoms with van der Waals surface area (Å²) in [7, 11) is 0. The second kappa shape index (κ2) is 6.79. The predicted octanol–water partition coefficient (Wildman–Crippen LogP) is 2.42. The first kappa shape index (κ1) is 16.6. The van der Waals surface area contributed by atoms with E-state index in [1.807, 2.05) is 13.8 Å². The first-order valence-electron chi connectivity index (χ1n) is 6.70. The molecule has 1 rings (SSSR count). The summed E-state index contributed by atoms with van der Waals surface area (Å²) in [5.74, 6) is -1.99. The van der Waals surface area contributed by atoms with Crippen molar-refractivity contribution in [3.8, 4) is 0 Å². The summed E-state index contributed by atoms with van der Waals surface area (Å²) in [5, 5.41) is 12.7. The van der Waals surface area contributed by atoms with Crippen molar-refractivity contribution in [2.45, 2.75) is 39.2 Å². The number of benzene rings is 1. The summed E-state index contributed by atoms with van der Waals surface area (Å²) < 4.78 is 26.8. The highest BCUT2D eigenvalue weighted by Gasteiger charge is 2.27. The Morgan fingerprint density at radius 1 is 1.40 bits per heavy atom. The smallest absolute Gasteiger partial charge is 0.224 e. The lowest BCUT2D eigenvalue weighted by Crippen LogP contribution is -2.45. The molecule has 0 saturated heterocycles. The standard InChI is InChI=1S/C15H21F2NO2/c1-4-10(2)15(3,20)9-18-14(19)8-11-12(16)6-5-7-13(11)17/h5-7,10,20H,4,8-9H2,1-3H3,(H,18,19).